The van der Waals surface area contributed by atoms with Gasteiger partial charge in [-0.05, 0) is 25.7 Å². The lowest BCUT2D eigenvalue weighted by Crippen LogP contribution is -2.56. The average molecular weight is 283 g/mol. The molecular formula is C16H33N3O. The van der Waals surface area contributed by atoms with Crippen LogP contribution < -0.4 is 5.32 Å². The Balaban J connectivity index is 2.55. The van der Waals surface area contributed by atoms with Crippen LogP contribution in [0.5, 0.6) is 0 Å². The Morgan fingerprint density at radius 1 is 1.10 bits per heavy atom. The summed E-state index contributed by atoms with van der Waals surface area (Å²) in [4.78, 5) is 16.9. The fourth-order valence-electron chi connectivity index (χ4n) is 3.02. The van der Waals surface area contributed by atoms with Gasteiger partial charge in [0.25, 0.3) is 0 Å². The molecule has 1 aliphatic rings. The first kappa shape index (κ1) is 17.4. The third kappa shape index (κ3) is 6.23. The molecule has 4 heteroatoms. The largest absolute Gasteiger partial charge is 0.341 e. The summed E-state index contributed by atoms with van der Waals surface area (Å²) < 4.78 is 0. The van der Waals surface area contributed by atoms with E-state index in [2.05, 4.69) is 51.8 Å². The van der Waals surface area contributed by atoms with E-state index in [1.807, 2.05) is 4.90 Å². The van der Waals surface area contributed by atoms with E-state index < -0.39 is 0 Å². The summed E-state index contributed by atoms with van der Waals surface area (Å²) in [5.74, 6) is 1.34. The Labute approximate surface area is 124 Å². The van der Waals surface area contributed by atoms with Crippen LogP contribution >= 0.6 is 0 Å². The predicted molar refractivity (Wildman–Crippen MR) is 84.8 cm³/mol. The minimum atomic E-state index is 0.286. The molecule has 1 amide bonds. The summed E-state index contributed by atoms with van der Waals surface area (Å²) in [6.45, 7) is 17.3. The van der Waals surface area contributed by atoms with Crippen molar-refractivity contribution >= 4 is 5.91 Å². The summed E-state index contributed by atoms with van der Waals surface area (Å²) in [5, 5.41) is 3.51. The zero-order valence-corrected chi connectivity index (χ0v) is 14.1. The molecule has 118 valence electrons. The molecule has 0 spiro atoms. The van der Waals surface area contributed by atoms with Crippen molar-refractivity contribution in [3.8, 4) is 0 Å². The van der Waals surface area contributed by atoms with Gasteiger partial charge in [-0.25, -0.2) is 0 Å². The van der Waals surface area contributed by atoms with Gasteiger partial charge in [0.1, 0.15) is 0 Å². The third-order valence-electron chi connectivity index (χ3n) is 3.52. The number of piperazine rings is 1. The molecule has 20 heavy (non-hydrogen) atoms. The maximum absolute atomic E-state index is 12.6. The van der Waals surface area contributed by atoms with E-state index in [1.54, 1.807) is 0 Å². The molecule has 2 unspecified atom stereocenters. The number of nitrogens with one attached hydrogen (secondary N) is 1. The zero-order chi connectivity index (χ0) is 15.3. The first-order valence-corrected chi connectivity index (χ1v) is 8.04. The fraction of sp³-hybridized carbons (Fsp3) is 0.938. The van der Waals surface area contributed by atoms with Crippen LogP contribution in [-0.4, -0.2) is 60.5 Å². The van der Waals surface area contributed by atoms with Gasteiger partial charge in [0.2, 0.25) is 5.91 Å². The summed E-state index contributed by atoms with van der Waals surface area (Å²) in [6.07, 6.45) is 0. The zero-order valence-electron chi connectivity index (χ0n) is 14.1. The van der Waals surface area contributed by atoms with Gasteiger partial charge in [-0.15, -0.1) is 0 Å². The number of hydrogen-bond donors (Lipinski definition) is 1. The van der Waals surface area contributed by atoms with E-state index in [4.69, 9.17) is 0 Å². The second-order valence-corrected chi connectivity index (χ2v) is 7.25. The molecule has 1 N–H and O–H groups in total. The molecule has 0 aromatic carbocycles. The Kier molecular flexibility index (Phi) is 6.96. The Bertz CT molecular complexity index is 284. The number of amides is 1. The minimum absolute atomic E-state index is 0.286. The van der Waals surface area contributed by atoms with Crippen molar-refractivity contribution in [2.75, 3.05) is 32.7 Å². The number of nitrogens with zero attached hydrogens (tertiary/aromatic N) is 2. The first-order chi connectivity index (χ1) is 9.27. The summed E-state index contributed by atoms with van der Waals surface area (Å²) >= 11 is 0. The van der Waals surface area contributed by atoms with Crippen LogP contribution in [0.1, 0.15) is 41.5 Å². The standard InChI is InChI=1S/C16H33N3O/c1-12(2)7-19(8-13(3)4)16(20)11-18-9-14(5)17-15(6)10-18/h12-15,17H,7-11H2,1-6H3. The quantitative estimate of drug-likeness (QED) is 0.807. The van der Waals surface area contributed by atoms with Crippen LogP contribution in [0.25, 0.3) is 0 Å². The van der Waals surface area contributed by atoms with Gasteiger partial charge in [-0.3, -0.25) is 9.69 Å². The van der Waals surface area contributed by atoms with Crippen LogP contribution in [0.4, 0.5) is 0 Å². The lowest BCUT2D eigenvalue weighted by atomic mass is 10.1. The smallest absolute Gasteiger partial charge is 0.236 e. The molecule has 0 saturated carbocycles. The Hall–Kier alpha value is -0.610. The fourth-order valence-corrected chi connectivity index (χ4v) is 3.02. The number of carbonyl (C=O) groups is 1. The molecule has 1 rings (SSSR count). The van der Waals surface area contributed by atoms with Crippen molar-refractivity contribution in [3.63, 3.8) is 0 Å². The van der Waals surface area contributed by atoms with Crippen LogP contribution in [0.3, 0.4) is 0 Å². The first-order valence-electron chi connectivity index (χ1n) is 8.04. The SMILES string of the molecule is CC(C)CN(CC(C)C)C(=O)CN1CC(C)NC(C)C1. The maximum Gasteiger partial charge on any atom is 0.236 e. The molecule has 1 saturated heterocycles. The monoisotopic (exact) mass is 283 g/mol. The van der Waals surface area contributed by atoms with E-state index in [-0.39, 0.29) is 5.91 Å². The summed E-state index contributed by atoms with van der Waals surface area (Å²) in [5.41, 5.74) is 0. The number of rotatable bonds is 6. The van der Waals surface area contributed by atoms with Crippen molar-refractivity contribution in [1.29, 1.82) is 0 Å². The number of hydrogen-bond acceptors (Lipinski definition) is 3. The average Bonchev–Trinajstić information content (AvgIpc) is 2.24. The van der Waals surface area contributed by atoms with Gasteiger partial charge < -0.3 is 10.2 Å². The van der Waals surface area contributed by atoms with Gasteiger partial charge in [-0.1, -0.05) is 27.7 Å². The Morgan fingerprint density at radius 3 is 1.95 bits per heavy atom. The van der Waals surface area contributed by atoms with Crippen molar-refractivity contribution in [1.82, 2.24) is 15.1 Å². The van der Waals surface area contributed by atoms with Crippen molar-refractivity contribution in [2.45, 2.75) is 53.6 Å². The highest BCUT2D eigenvalue weighted by atomic mass is 16.2. The van der Waals surface area contributed by atoms with E-state index >= 15 is 0 Å². The molecule has 0 bridgehead atoms. The summed E-state index contributed by atoms with van der Waals surface area (Å²) in [6, 6.07) is 0.936. The van der Waals surface area contributed by atoms with Gasteiger partial charge >= 0.3 is 0 Å². The lowest BCUT2D eigenvalue weighted by Gasteiger charge is -2.37. The van der Waals surface area contributed by atoms with Gasteiger partial charge in [-0.2, -0.15) is 0 Å². The van der Waals surface area contributed by atoms with Crippen LogP contribution in [0.2, 0.25) is 0 Å². The van der Waals surface area contributed by atoms with Crippen LogP contribution in [0.15, 0.2) is 0 Å². The highest BCUT2D eigenvalue weighted by Crippen LogP contribution is 2.08. The number of carbonyl (C=O) groups excluding carboxylic acids is 1. The molecule has 2 atom stereocenters. The molecule has 0 aromatic rings. The molecule has 0 radical (unpaired) electrons. The van der Waals surface area contributed by atoms with E-state index in [0.29, 0.717) is 30.5 Å². The lowest BCUT2D eigenvalue weighted by molar-refractivity contribution is -0.133. The molecular weight excluding hydrogens is 250 g/mol. The Morgan fingerprint density at radius 2 is 1.55 bits per heavy atom. The second kappa shape index (κ2) is 7.99. The molecule has 0 aromatic heterocycles. The molecule has 1 heterocycles. The third-order valence-corrected chi connectivity index (χ3v) is 3.52. The highest BCUT2D eigenvalue weighted by Gasteiger charge is 2.25. The van der Waals surface area contributed by atoms with Crippen molar-refractivity contribution in [3.05, 3.63) is 0 Å². The topological polar surface area (TPSA) is 35.6 Å². The van der Waals surface area contributed by atoms with E-state index in [1.165, 1.54) is 0 Å². The van der Waals surface area contributed by atoms with E-state index in [0.717, 1.165) is 26.2 Å². The van der Waals surface area contributed by atoms with Gasteiger partial charge in [0.05, 0.1) is 6.54 Å². The summed E-state index contributed by atoms with van der Waals surface area (Å²) in [7, 11) is 0. The second-order valence-electron chi connectivity index (χ2n) is 7.25. The van der Waals surface area contributed by atoms with Gasteiger partial charge in [0, 0.05) is 38.3 Å². The predicted octanol–water partition coefficient (Wildman–Crippen LogP) is 1.81. The van der Waals surface area contributed by atoms with Gasteiger partial charge in [0.15, 0.2) is 0 Å². The molecule has 0 aliphatic carbocycles. The molecule has 1 aliphatic heterocycles. The highest BCUT2D eigenvalue weighted by molar-refractivity contribution is 5.78. The van der Waals surface area contributed by atoms with Crippen LogP contribution in [0, 0.1) is 11.8 Å². The molecule has 1 fully saturated rings. The maximum atomic E-state index is 12.6. The molecule has 4 nitrogen and oxygen atoms in total. The van der Waals surface area contributed by atoms with Crippen molar-refractivity contribution in [2.24, 2.45) is 11.8 Å². The van der Waals surface area contributed by atoms with E-state index in [9.17, 15) is 4.79 Å². The van der Waals surface area contributed by atoms with Crippen LogP contribution in [-0.2, 0) is 4.79 Å². The normalized spacial score (nSPS) is 24.4. The minimum Gasteiger partial charge on any atom is -0.341 e. The van der Waals surface area contributed by atoms with Crippen molar-refractivity contribution < 1.29 is 4.79 Å².